The summed E-state index contributed by atoms with van der Waals surface area (Å²) in [5.74, 6) is -0.791. The van der Waals surface area contributed by atoms with Crippen LogP contribution in [0.5, 0.6) is 0 Å². The predicted molar refractivity (Wildman–Crippen MR) is 70.4 cm³/mol. The van der Waals surface area contributed by atoms with Crippen molar-refractivity contribution in [1.82, 2.24) is 4.72 Å². The van der Waals surface area contributed by atoms with Crippen LogP contribution < -0.4 is 4.72 Å². The molecule has 0 radical (unpaired) electrons. The van der Waals surface area contributed by atoms with E-state index in [0.717, 1.165) is 6.07 Å². The van der Waals surface area contributed by atoms with Gasteiger partial charge in [0.25, 0.3) is 0 Å². The van der Waals surface area contributed by atoms with Gasteiger partial charge >= 0.3 is 0 Å². The smallest absolute Gasteiger partial charge is 0.243 e. The normalized spacial score (nSPS) is 13.6. The predicted octanol–water partition coefficient (Wildman–Crippen LogP) is 2.29. The fraction of sp³-hybridized carbons (Fsp3) is 0.455. The molecule has 0 bridgehead atoms. The monoisotopic (exact) mass is 339 g/mol. The molecule has 0 spiro atoms. The summed E-state index contributed by atoms with van der Waals surface area (Å²) in [6.45, 7) is 4.16. The van der Waals surface area contributed by atoms with E-state index in [0.29, 0.717) is 11.1 Å². The second kappa shape index (κ2) is 6.60. The Bertz CT molecular complexity index is 507. The largest absolute Gasteiger partial charge is 0.377 e. The summed E-state index contributed by atoms with van der Waals surface area (Å²) >= 11 is 3.07. The first-order chi connectivity index (χ1) is 8.36. The number of ether oxygens (including phenoxy) is 1. The van der Waals surface area contributed by atoms with Gasteiger partial charge in [0.15, 0.2) is 0 Å². The van der Waals surface area contributed by atoms with Crippen molar-refractivity contribution in [3.8, 4) is 0 Å². The lowest BCUT2D eigenvalue weighted by Gasteiger charge is -2.13. The molecule has 102 valence electrons. The first kappa shape index (κ1) is 15.6. The lowest BCUT2D eigenvalue weighted by atomic mass is 10.3. The van der Waals surface area contributed by atoms with Crippen LogP contribution in [0.1, 0.15) is 13.8 Å². The summed E-state index contributed by atoms with van der Waals surface area (Å²) in [6.07, 6.45) is -0.261. The molecule has 0 saturated carbocycles. The molecule has 0 saturated heterocycles. The zero-order valence-electron chi connectivity index (χ0n) is 10.1. The molecule has 7 heteroatoms. The molecule has 0 aliphatic rings. The third kappa shape index (κ3) is 4.31. The van der Waals surface area contributed by atoms with Crippen molar-refractivity contribution in [2.75, 3.05) is 13.2 Å². The molecule has 1 N–H and O–H groups in total. The van der Waals surface area contributed by atoms with E-state index < -0.39 is 15.8 Å². The van der Waals surface area contributed by atoms with E-state index >= 15 is 0 Å². The van der Waals surface area contributed by atoms with Gasteiger partial charge in [-0.3, -0.25) is 0 Å². The molecule has 0 aliphatic carbocycles. The van der Waals surface area contributed by atoms with Crippen LogP contribution in [0.25, 0.3) is 0 Å². The number of rotatable bonds is 6. The summed E-state index contributed by atoms with van der Waals surface area (Å²) in [7, 11) is -3.85. The molecule has 0 amide bonds. The van der Waals surface area contributed by atoms with Gasteiger partial charge in [-0.05, 0) is 32.0 Å². The Balaban J connectivity index is 2.80. The highest BCUT2D eigenvalue weighted by atomic mass is 79.9. The van der Waals surface area contributed by atoms with E-state index in [2.05, 4.69) is 20.7 Å². The molecule has 1 aromatic carbocycles. The Morgan fingerprint density at radius 2 is 2.17 bits per heavy atom. The molecule has 0 fully saturated rings. The molecule has 0 aliphatic heterocycles. The third-order valence-electron chi connectivity index (χ3n) is 2.20. The van der Waals surface area contributed by atoms with Crippen molar-refractivity contribution < 1.29 is 17.5 Å². The van der Waals surface area contributed by atoms with Crippen LogP contribution in [0.15, 0.2) is 27.6 Å². The molecule has 18 heavy (non-hydrogen) atoms. The quantitative estimate of drug-likeness (QED) is 0.865. The topological polar surface area (TPSA) is 55.4 Å². The van der Waals surface area contributed by atoms with E-state index in [4.69, 9.17) is 4.74 Å². The van der Waals surface area contributed by atoms with E-state index in [9.17, 15) is 12.8 Å². The SMILES string of the molecule is CCOC(C)CNS(=O)(=O)c1ccc(Br)cc1F. The molecule has 0 heterocycles. The fourth-order valence-electron chi connectivity index (χ4n) is 1.34. The van der Waals surface area contributed by atoms with Crippen molar-refractivity contribution in [2.45, 2.75) is 24.8 Å². The maximum atomic E-state index is 13.5. The molecule has 1 unspecified atom stereocenters. The van der Waals surface area contributed by atoms with Crippen LogP contribution >= 0.6 is 15.9 Å². The van der Waals surface area contributed by atoms with E-state index in [1.54, 1.807) is 6.92 Å². The lowest BCUT2D eigenvalue weighted by Crippen LogP contribution is -2.32. The van der Waals surface area contributed by atoms with Crippen LogP contribution in [0, 0.1) is 5.82 Å². The highest BCUT2D eigenvalue weighted by Gasteiger charge is 2.19. The average Bonchev–Trinajstić information content (AvgIpc) is 2.26. The van der Waals surface area contributed by atoms with Gasteiger partial charge in [0.2, 0.25) is 10.0 Å². The van der Waals surface area contributed by atoms with Crippen LogP contribution in [0.3, 0.4) is 0 Å². The first-order valence-corrected chi connectivity index (χ1v) is 7.70. The van der Waals surface area contributed by atoms with Crippen molar-refractivity contribution in [1.29, 1.82) is 0 Å². The van der Waals surface area contributed by atoms with Gasteiger partial charge in [0.1, 0.15) is 10.7 Å². The van der Waals surface area contributed by atoms with Gasteiger partial charge in [-0.25, -0.2) is 17.5 Å². The zero-order valence-corrected chi connectivity index (χ0v) is 12.5. The van der Waals surface area contributed by atoms with E-state index in [1.807, 2.05) is 6.92 Å². The molecular weight excluding hydrogens is 325 g/mol. The average molecular weight is 340 g/mol. The van der Waals surface area contributed by atoms with E-state index in [1.165, 1.54) is 12.1 Å². The Morgan fingerprint density at radius 1 is 1.50 bits per heavy atom. The maximum absolute atomic E-state index is 13.5. The molecule has 0 aromatic heterocycles. The van der Waals surface area contributed by atoms with Crippen LogP contribution in [-0.2, 0) is 14.8 Å². The Morgan fingerprint density at radius 3 is 2.72 bits per heavy atom. The summed E-state index contributed by atoms with van der Waals surface area (Å²) in [5.41, 5.74) is 0. The molecule has 1 atom stereocenters. The minimum absolute atomic E-state index is 0.103. The van der Waals surface area contributed by atoms with Crippen molar-refractivity contribution in [2.24, 2.45) is 0 Å². The zero-order chi connectivity index (χ0) is 13.8. The summed E-state index contributed by atoms with van der Waals surface area (Å²) in [5, 5.41) is 0. The highest BCUT2D eigenvalue weighted by molar-refractivity contribution is 9.10. The lowest BCUT2D eigenvalue weighted by molar-refractivity contribution is 0.0799. The Kier molecular flexibility index (Phi) is 5.71. The van der Waals surface area contributed by atoms with Gasteiger partial charge in [-0.2, -0.15) is 0 Å². The van der Waals surface area contributed by atoms with Gasteiger partial charge < -0.3 is 4.74 Å². The second-order valence-electron chi connectivity index (χ2n) is 3.69. The van der Waals surface area contributed by atoms with Crippen molar-refractivity contribution in [3.05, 3.63) is 28.5 Å². The highest BCUT2D eigenvalue weighted by Crippen LogP contribution is 2.19. The Labute approximate surface area is 115 Å². The van der Waals surface area contributed by atoms with E-state index in [-0.39, 0.29) is 17.5 Å². The van der Waals surface area contributed by atoms with Crippen molar-refractivity contribution >= 4 is 26.0 Å². The number of sulfonamides is 1. The first-order valence-electron chi connectivity index (χ1n) is 5.43. The molecule has 1 rings (SSSR count). The molecular formula is C11H15BrFNO3S. The third-order valence-corrected chi connectivity index (χ3v) is 4.15. The van der Waals surface area contributed by atoms with Crippen LogP contribution in [-0.4, -0.2) is 27.7 Å². The molecule has 1 aromatic rings. The second-order valence-corrected chi connectivity index (χ2v) is 6.34. The minimum Gasteiger partial charge on any atom is -0.377 e. The van der Waals surface area contributed by atoms with Crippen LogP contribution in [0.2, 0.25) is 0 Å². The summed E-state index contributed by atoms with van der Waals surface area (Å²) in [4.78, 5) is -0.366. The number of hydrogen-bond donors (Lipinski definition) is 1. The van der Waals surface area contributed by atoms with Gasteiger partial charge in [0, 0.05) is 17.6 Å². The van der Waals surface area contributed by atoms with Crippen LogP contribution in [0.4, 0.5) is 4.39 Å². The number of benzene rings is 1. The molecule has 4 nitrogen and oxygen atoms in total. The standard InChI is InChI=1S/C11H15BrFNO3S/c1-3-17-8(2)7-14-18(15,16)11-5-4-9(12)6-10(11)13/h4-6,8,14H,3,7H2,1-2H3. The van der Waals surface area contributed by atoms with Gasteiger partial charge in [-0.1, -0.05) is 15.9 Å². The van der Waals surface area contributed by atoms with Gasteiger partial charge in [-0.15, -0.1) is 0 Å². The summed E-state index contributed by atoms with van der Waals surface area (Å²) < 4.78 is 45.2. The van der Waals surface area contributed by atoms with Crippen molar-refractivity contribution in [3.63, 3.8) is 0 Å². The Hall–Kier alpha value is -0.500. The maximum Gasteiger partial charge on any atom is 0.243 e. The number of halogens is 2. The fourth-order valence-corrected chi connectivity index (χ4v) is 2.85. The minimum atomic E-state index is -3.85. The van der Waals surface area contributed by atoms with Gasteiger partial charge in [0.05, 0.1) is 6.10 Å². The number of hydrogen-bond acceptors (Lipinski definition) is 3. The summed E-state index contributed by atoms with van der Waals surface area (Å²) in [6, 6.07) is 3.80. The number of nitrogens with one attached hydrogen (secondary N) is 1.